The highest BCUT2D eigenvalue weighted by Crippen LogP contribution is 2.36. The lowest BCUT2D eigenvalue weighted by Gasteiger charge is -2.12. The predicted molar refractivity (Wildman–Crippen MR) is 113 cm³/mol. The molecular formula is C21H16ClF3N4O3. The maximum atomic E-state index is 13.2. The SMILES string of the molecule is [2H]c1cc(NC(=O)Nc2ccc(Oc3ccnc(C(=O)NC)c3)cc2)c([2H])c(C(F)(F)F)c1Cl. The third kappa shape index (κ3) is 5.88. The minimum absolute atomic E-state index is 0.162. The lowest BCUT2D eigenvalue weighted by Crippen LogP contribution is -2.19. The Morgan fingerprint density at radius 1 is 1.06 bits per heavy atom. The standard InChI is InChI=1S/C21H16ClF3N4O3/c1-26-19(30)18-11-15(8-9-27-18)32-14-5-2-12(3-6-14)28-20(31)29-13-4-7-17(22)16(10-13)21(23,24)25/h2-11H,1H3,(H,26,30)(H2,28,29,31)/i7D,10D. The topological polar surface area (TPSA) is 92.3 Å². The maximum Gasteiger partial charge on any atom is 0.417 e. The van der Waals surface area contributed by atoms with E-state index in [4.69, 9.17) is 19.1 Å². The van der Waals surface area contributed by atoms with E-state index in [0.29, 0.717) is 11.5 Å². The Kier molecular flexibility index (Phi) is 6.02. The number of rotatable bonds is 5. The predicted octanol–water partition coefficient (Wildman–Crippen LogP) is 5.55. The molecule has 0 atom stereocenters. The molecule has 0 radical (unpaired) electrons. The summed E-state index contributed by atoms with van der Waals surface area (Å²) in [6, 6.07) is 7.14. The fourth-order valence-corrected chi connectivity index (χ4v) is 2.66. The quantitative estimate of drug-likeness (QED) is 0.459. The molecule has 0 aliphatic heterocycles. The van der Waals surface area contributed by atoms with Gasteiger partial charge >= 0.3 is 12.2 Å². The maximum absolute atomic E-state index is 13.2. The molecule has 1 heterocycles. The molecule has 0 spiro atoms. The van der Waals surface area contributed by atoms with Gasteiger partial charge in [-0.15, -0.1) is 0 Å². The van der Waals surface area contributed by atoms with Gasteiger partial charge in [-0.3, -0.25) is 9.78 Å². The molecule has 166 valence electrons. The van der Waals surface area contributed by atoms with E-state index in [2.05, 4.69) is 20.9 Å². The Balaban J connectivity index is 1.69. The third-order valence-electron chi connectivity index (χ3n) is 3.89. The van der Waals surface area contributed by atoms with Crippen LogP contribution in [0.3, 0.4) is 0 Å². The zero-order chi connectivity index (χ0) is 25.0. The number of nitrogens with zero attached hydrogens (tertiary/aromatic N) is 1. The molecule has 0 fully saturated rings. The van der Waals surface area contributed by atoms with Crippen LogP contribution in [0.2, 0.25) is 5.02 Å². The van der Waals surface area contributed by atoms with Gasteiger partial charge in [0.1, 0.15) is 17.2 Å². The van der Waals surface area contributed by atoms with Gasteiger partial charge in [0.15, 0.2) is 0 Å². The number of pyridine rings is 1. The first-order valence-corrected chi connectivity index (χ1v) is 9.28. The molecule has 3 N–H and O–H groups in total. The van der Waals surface area contributed by atoms with Crippen molar-refractivity contribution < 1.29 is 30.2 Å². The van der Waals surface area contributed by atoms with Gasteiger partial charge < -0.3 is 20.7 Å². The normalized spacial score (nSPS) is 11.8. The number of nitrogens with one attached hydrogen (secondary N) is 3. The molecule has 0 unspecified atom stereocenters. The Hall–Kier alpha value is -3.79. The first kappa shape index (κ1) is 20.1. The summed E-state index contributed by atoms with van der Waals surface area (Å²) in [5.41, 5.74) is -1.60. The molecule has 3 rings (SSSR count). The summed E-state index contributed by atoms with van der Waals surface area (Å²) in [4.78, 5) is 27.8. The number of urea groups is 1. The summed E-state index contributed by atoms with van der Waals surface area (Å²) in [5, 5.41) is 6.06. The van der Waals surface area contributed by atoms with E-state index in [0.717, 1.165) is 6.07 Å². The highest BCUT2D eigenvalue weighted by Gasteiger charge is 2.33. The van der Waals surface area contributed by atoms with Gasteiger partial charge in [-0.1, -0.05) is 11.6 Å². The lowest BCUT2D eigenvalue weighted by atomic mass is 10.2. The van der Waals surface area contributed by atoms with Crippen molar-refractivity contribution in [3.05, 3.63) is 77.0 Å². The van der Waals surface area contributed by atoms with Crippen LogP contribution < -0.4 is 20.7 Å². The van der Waals surface area contributed by atoms with E-state index < -0.39 is 40.6 Å². The van der Waals surface area contributed by atoms with E-state index in [1.165, 1.54) is 43.6 Å². The largest absolute Gasteiger partial charge is 0.457 e. The monoisotopic (exact) mass is 466 g/mol. The van der Waals surface area contributed by atoms with Crippen LogP contribution in [0.5, 0.6) is 11.5 Å². The molecule has 11 heteroatoms. The van der Waals surface area contributed by atoms with Crippen molar-refractivity contribution in [2.75, 3.05) is 17.7 Å². The first-order chi connectivity index (χ1) is 16.0. The van der Waals surface area contributed by atoms with Gasteiger partial charge in [0.2, 0.25) is 0 Å². The van der Waals surface area contributed by atoms with Crippen molar-refractivity contribution in [3.63, 3.8) is 0 Å². The van der Waals surface area contributed by atoms with Gasteiger partial charge in [-0.05, 0) is 48.5 Å². The van der Waals surface area contributed by atoms with E-state index >= 15 is 0 Å². The van der Waals surface area contributed by atoms with Crippen molar-refractivity contribution in [2.45, 2.75) is 6.18 Å². The van der Waals surface area contributed by atoms with Crippen molar-refractivity contribution in [1.29, 1.82) is 0 Å². The Morgan fingerprint density at radius 2 is 1.75 bits per heavy atom. The number of aromatic nitrogens is 1. The molecule has 1 aromatic heterocycles. The van der Waals surface area contributed by atoms with Crippen LogP contribution in [0.4, 0.5) is 29.3 Å². The highest BCUT2D eigenvalue weighted by atomic mass is 35.5. The summed E-state index contributed by atoms with van der Waals surface area (Å²) >= 11 is 5.53. The average molecular weight is 467 g/mol. The molecule has 3 aromatic rings. The summed E-state index contributed by atoms with van der Waals surface area (Å²) in [5.74, 6) is 0.344. The highest BCUT2D eigenvalue weighted by molar-refractivity contribution is 6.31. The number of halogens is 4. The third-order valence-corrected chi connectivity index (χ3v) is 4.19. The number of hydrogen-bond acceptors (Lipinski definition) is 4. The van der Waals surface area contributed by atoms with Crippen molar-refractivity contribution in [3.8, 4) is 11.5 Å². The Bertz CT molecular complexity index is 1240. The van der Waals surface area contributed by atoms with Crippen LogP contribution in [-0.2, 0) is 6.18 Å². The van der Waals surface area contributed by atoms with Gasteiger partial charge in [0.05, 0.1) is 13.3 Å². The van der Waals surface area contributed by atoms with Gasteiger partial charge in [0.25, 0.3) is 5.91 Å². The molecule has 3 amide bonds. The summed E-state index contributed by atoms with van der Waals surface area (Å²) in [6.07, 6.45) is -3.56. The molecule has 0 saturated heterocycles. The van der Waals surface area contributed by atoms with E-state index in [9.17, 15) is 22.8 Å². The second-order valence-electron chi connectivity index (χ2n) is 6.18. The van der Waals surface area contributed by atoms with Crippen LogP contribution in [-0.4, -0.2) is 24.0 Å². The van der Waals surface area contributed by atoms with Crippen LogP contribution in [0.25, 0.3) is 0 Å². The average Bonchev–Trinajstić information content (AvgIpc) is 2.77. The zero-order valence-corrected chi connectivity index (χ0v) is 17.1. The summed E-state index contributed by atoms with van der Waals surface area (Å²) < 4.78 is 60.5. The molecule has 0 aliphatic rings. The molecule has 32 heavy (non-hydrogen) atoms. The minimum Gasteiger partial charge on any atom is -0.457 e. The van der Waals surface area contributed by atoms with Crippen molar-refractivity contribution in [2.24, 2.45) is 0 Å². The van der Waals surface area contributed by atoms with Gasteiger partial charge in [-0.2, -0.15) is 13.2 Å². The number of hydrogen-bond donors (Lipinski definition) is 3. The Morgan fingerprint density at radius 3 is 2.41 bits per heavy atom. The second kappa shape index (κ2) is 9.56. The van der Waals surface area contributed by atoms with Crippen molar-refractivity contribution in [1.82, 2.24) is 10.3 Å². The molecule has 0 bridgehead atoms. The van der Waals surface area contributed by atoms with Crippen molar-refractivity contribution >= 4 is 34.9 Å². The number of anilines is 2. The molecule has 2 aromatic carbocycles. The number of amides is 3. The number of carbonyl (C=O) groups excluding carboxylic acids is 2. The van der Waals surface area contributed by atoms with E-state index in [-0.39, 0.29) is 17.3 Å². The fraction of sp³-hybridized carbons (Fsp3) is 0.0952. The smallest absolute Gasteiger partial charge is 0.417 e. The Labute approximate surface area is 188 Å². The summed E-state index contributed by atoms with van der Waals surface area (Å²) in [6.45, 7) is 0. The molecular weight excluding hydrogens is 449 g/mol. The molecule has 0 aliphatic carbocycles. The number of carbonyl (C=O) groups is 2. The summed E-state index contributed by atoms with van der Waals surface area (Å²) in [7, 11) is 1.47. The van der Waals surface area contributed by atoms with Crippen LogP contribution >= 0.6 is 11.6 Å². The van der Waals surface area contributed by atoms with Crippen LogP contribution in [0, 0.1) is 0 Å². The fourth-order valence-electron chi connectivity index (χ4n) is 2.45. The number of benzene rings is 2. The minimum atomic E-state index is -4.97. The van der Waals surface area contributed by atoms with Crippen LogP contribution in [0.1, 0.15) is 18.8 Å². The molecule has 7 nitrogen and oxygen atoms in total. The molecule has 0 saturated carbocycles. The van der Waals surface area contributed by atoms with Crippen LogP contribution in [0.15, 0.2) is 60.7 Å². The number of alkyl halides is 3. The van der Waals surface area contributed by atoms with E-state index in [1.807, 2.05) is 0 Å². The lowest BCUT2D eigenvalue weighted by molar-refractivity contribution is -0.137. The van der Waals surface area contributed by atoms with Gasteiger partial charge in [0, 0.05) is 30.7 Å². The number of ether oxygens (including phenoxy) is 1. The van der Waals surface area contributed by atoms with E-state index in [1.54, 1.807) is 6.07 Å². The van der Waals surface area contributed by atoms with Gasteiger partial charge in [-0.25, -0.2) is 4.79 Å². The first-order valence-electron chi connectivity index (χ1n) is 9.90. The zero-order valence-electron chi connectivity index (χ0n) is 18.3. The second-order valence-corrected chi connectivity index (χ2v) is 6.55.